The van der Waals surface area contributed by atoms with Gasteiger partial charge in [0.25, 0.3) is 0 Å². The maximum absolute atomic E-state index is 5.83. The van der Waals surface area contributed by atoms with Crippen molar-refractivity contribution < 1.29 is 0 Å². The van der Waals surface area contributed by atoms with Crippen molar-refractivity contribution in [1.82, 2.24) is 24.9 Å². The van der Waals surface area contributed by atoms with Crippen LogP contribution in [0.1, 0.15) is 5.82 Å². The van der Waals surface area contributed by atoms with Gasteiger partial charge in [-0.3, -0.25) is 0 Å². The topological polar surface area (TPSA) is 93.4 Å². The van der Waals surface area contributed by atoms with Crippen molar-refractivity contribution in [1.29, 1.82) is 0 Å². The van der Waals surface area contributed by atoms with E-state index in [4.69, 9.17) is 5.73 Å². The van der Waals surface area contributed by atoms with Gasteiger partial charge in [0.2, 0.25) is 0 Å². The maximum atomic E-state index is 5.83. The minimum absolute atomic E-state index is 0.598. The number of pyridine rings is 1. The number of nitrogens with two attached hydrogens (primary N) is 1. The van der Waals surface area contributed by atoms with Gasteiger partial charge in [-0.1, -0.05) is 0 Å². The Hall–Kier alpha value is -2.50. The van der Waals surface area contributed by atoms with Crippen molar-refractivity contribution in [2.45, 2.75) is 6.92 Å². The molecule has 6 nitrogen and oxygen atoms in total. The molecular formula is C11H10N6. The second-order valence-electron chi connectivity index (χ2n) is 3.70. The molecular weight excluding hydrogens is 216 g/mol. The van der Waals surface area contributed by atoms with Gasteiger partial charge in [0.15, 0.2) is 5.65 Å². The lowest BCUT2D eigenvalue weighted by atomic mass is 10.3. The summed E-state index contributed by atoms with van der Waals surface area (Å²) >= 11 is 0. The molecule has 3 heterocycles. The smallest absolute Gasteiger partial charge is 0.180 e. The van der Waals surface area contributed by atoms with E-state index < -0.39 is 0 Å². The van der Waals surface area contributed by atoms with Gasteiger partial charge in [0.1, 0.15) is 17.2 Å². The molecule has 0 bridgehead atoms. The van der Waals surface area contributed by atoms with E-state index in [1.54, 1.807) is 24.7 Å². The molecule has 3 aromatic rings. The number of nitrogens with one attached hydrogen (secondary N) is 1. The molecule has 84 valence electrons. The summed E-state index contributed by atoms with van der Waals surface area (Å²) in [6.07, 6.45) is 5.07. The molecule has 17 heavy (non-hydrogen) atoms. The van der Waals surface area contributed by atoms with Crippen LogP contribution in [0.3, 0.4) is 0 Å². The highest BCUT2D eigenvalue weighted by Gasteiger charge is 2.08. The van der Waals surface area contributed by atoms with Gasteiger partial charge in [-0.25, -0.2) is 19.9 Å². The molecule has 3 N–H and O–H groups in total. The van der Waals surface area contributed by atoms with Crippen LogP contribution in [0.4, 0.5) is 5.69 Å². The average Bonchev–Trinajstić information content (AvgIpc) is 2.75. The monoisotopic (exact) mass is 226 g/mol. The van der Waals surface area contributed by atoms with Gasteiger partial charge in [-0.05, 0) is 13.0 Å². The third-order valence-electron chi connectivity index (χ3n) is 2.48. The van der Waals surface area contributed by atoms with Crippen LogP contribution < -0.4 is 5.73 Å². The van der Waals surface area contributed by atoms with E-state index in [0.717, 1.165) is 16.9 Å². The van der Waals surface area contributed by atoms with E-state index >= 15 is 0 Å². The van der Waals surface area contributed by atoms with Crippen LogP contribution in [0, 0.1) is 6.92 Å². The summed E-state index contributed by atoms with van der Waals surface area (Å²) in [7, 11) is 0. The van der Waals surface area contributed by atoms with Gasteiger partial charge < -0.3 is 10.7 Å². The summed E-state index contributed by atoms with van der Waals surface area (Å²) in [6, 6.07) is 1.73. The summed E-state index contributed by atoms with van der Waals surface area (Å²) in [5.74, 6) is 1.40. The summed E-state index contributed by atoms with van der Waals surface area (Å²) in [6.45, 7) is 1.84. The molecule has 0 saturated heterocycles. The first-order chi connectivity index (χ1) is 8.24. The molecule has 0 spiro atoms. The van der Waals surface area contributed by atoms with E-state index in [1.807, 2.05) is 6.92 Å². The van der Waals surface area contributed by atoms with E-state index in [0.29, 0.717) is 17.2 Å². The van der Waals surface area contributed by atoms with E-state index in [9.17, 15) is 0 Å². The van der Waals surface area contributed by atoms with Gasteiger partial charge in [0, 0.05) is 18.6 Å². The van der Waals surface area contributed by atoms with Gasteiger partial charge in [-0.15, -0.1) is 0 Å². The minimum Gasteiger partial charge on any atom is -0.397 e. The van der Waals surface area contributed by atoms with Gasteiger partial charge in [-0.2, -0.15) is 0 Å². The van der Waals surface area contributed by atoms with Crippen LogP contribution in [-0.4, -0.2) is 24.9 Å². The molecule has 0 aromatic carbocycles. The third kappa shape index (κ3) is 1.59. The Kier molecular flexibility index (Phi) is 2.01. The van der Waals surface area contributed by atoms with Gasteiger partial charge >= 0.3 is 0 Å². The third-order valence-corrected chi connectivity index (χ3v) is 2.48. The molecule has 3 rings (SSSR count). The lowest BCUT2D eigenvalue weighted by molar-refractivity contribution is 1.05. The summed E-state index contributed by atoms with van der Waals surface area (Å²) in [5, 5.41) is 0. The lowest BCUT2D eigenvalue weighted by Gasteiger charge is -1.95. The molecule has 0 radical (unpaired) electrons. The number of imidazole rings is 1. The number of aryl methyl sites for hydroxylation is 1. The van der Waals surface area contributed by atoms with Crippen molar-refractivity contribution >= 4 is 16.9 Å². The van der Waals surface area contributed by atoms with Crippen molar-refractivity contribution in [2.75, 3.05) is 5.73 Å². The Bertz CT molecular complexity index is 670. The summed E-state index contributed by atoms with van der Waals surface area (Å²) in [4.78, 5) is 19.9. The van der Waals surface area contributed by atoms with Gasteiger partial charge in [0.05, 0.1) is 11.3 Å². The van der Waals surface area contributed by atoms with Crippen LogP contribution >= 0.6 is 0 Å². The van der Waals surface area contributed by atoms with Crippen LogP contribution in [-0.2, 0) is 0 Å². The number of nitrogen functional groups attached to an aromatic ring is 1. The molecule has 0 fully saturated rings. The number of rotatable bonds is 1. The lowest BCUT2D eigenvalue weighted by Crippen LogP contribution is -1.89. The van der Waals surface area contributed by atoms with Crippen molar-refractivity contribution in [2.24, 2.45) is 0 Å². The van der Waals surface area contributed by atoms with Crippen molar-refractivity contribution in [3.05, 3.63) is 30.5 Å². The standard InChI is InChI=1S/C11H10N6/c1-6-14-4-7(5-15-6)10-16-9-8(12)2-3-13-11(9)17-10/h2-5H,1H3,(H3,12,13,16,17). The fraction of sp³-hybridized carbons (Fsp3) is 0.0909. The zero-order valence-electron chi connectivity index (χ0n) is 9.18. The first-order valence-electron chi connectivity index (χ1n) is 5.13. The Balaban J connectivity index is 2.18. The Morgan fingerprint density at radius 2 is 1.94 bits per heavy atom. The van der Waals surface area contributed by atoms with Crippen LogP contribution in [0.2, 0.25) is 0 Å². The van der Waals surface area contributed by atoms with Crippen molar-refractivity contribution in [3.63, 3.8) is 0 Å². The highest BCUT2D eigenvalue weighted by atomic mass is 15.0. The fourth-order valence-electron chi connectivity index (χ4n) is 1.58. The van der Waals surface area contributed by atoms with Crippen LogP contribution in [0.5, 0.6) is 0 Å². The molecule has 0 aliphatic heterocycles. The second kappa shape index (κ2) is 3.51. The number of fused-ring (bicyclic) bond motifs is 1. The molecule has 0 amide bonds. The highest BCUT2D eigenvalue weighted by molar-refractivity contribution is 5.86. The summed E-state index contributed by atoms with van der Waals surface area (Å²) in [5.41, 5.74) is 8.61. The molecule has 0 atom stereocenters. The zero-order chi connectivity index (χ0) is 11.8. The largest absolute Gasteiger partial charge is 0.397 e. The van der Waals surface area contributed by atoms with Crippen LogP contribution in [0.25, 0.3) is 22.6 Å². The fourth-order valence-corrected chi connectivity index (χ4v) is 1.58. The Labute approximate surface area is 97.0 Å². The SMILES string of the molecule is Cc1ncc(-c2nc3nccc(N)c3[nH]2)cn1. The Morgan fingerprint density at radius 3 is 2.65 bits per heavy atom. The quantitative estimate of drug-likeness (QED) is 0.652. The maximum Gasteiger partial charge on any atom is 0.180 e. The van der Waals surface area contributed by atoms with Crippen LogP contribution in [0.15, 0.2) is 24.7 Å². The predicted molar refractivity (Wildman–Crippen MR) is 64.1 cm³/mol. The number of anilines is 1. The number of hydrogen-bond donors (Lipinski definition) is 2. The first-order valence-corrected chi connectivity index (χ1v) is 5.13. The average molecular weight is 226 g/mol. The molecule has 3 aromatic heterocycles. The number of aromatic amines is 1. The zero-order valence-corrected chi connectivity index (χ0v) is 9.18. The molecule has 0 aliphatic carbocycles. The van der Waals surface area contributed by atoms with E-state index in [-0.39, 0.29) is 0 Å². The number of nitrogens with zero attached hydrogens (tertiary/aromatic N) is 4. The Morgan fingerprint density at radius 1 is 1.18 bits per heavy atom. The molecule has 0 saturated carbocycles. The van der Waals surface area contributed by atoms with Crippen molar-refractivity contribution in [3.8, 4) is 11.4 Å². The number of H-pyrrole nitrogens is 1. The molecule has 6 heteroatoms. The number of aromatic nitrogens is 5. The summed E-state index contributed by atoms with van der Waals surface area (Å²) < 4.78 is 0. The second-order valence-corrected chi connectivity index (χ2v) is 3.70. The molecule has 0 unspecified atom stereocenters. The molecule has 0 aliphatic rings. The highest BCUT2D eigenvalue weighted by Crippen LogP contribution is 2.21. The normalized spacial score (nSPS) is 10.9. The van der Waals surface area contributed by atoms with E-state index in [1.165, 1.54) is 0 Å². The van der Waals surface area contributed by atoms with E-state index in [2.05, 4.69) is 24.9 Å². The predicted octanol–water partition coefficient (Wildman–Crippen LogP) is 1.31. The first kappa shape index (κ1) is 9.71. The number of hydrogen-bond acceptors (Lipinski definition) is 5. The minimum atomic E-state index is 0.598.